The Hall–Kier alpha value is -2.17. The van der Waals surface area contributed by atoms with Gasteiger partial charge in [0.15, 0.2) is 0 Å². The Bertz CT molecular complexity index is 457. The average molecular weight is 262 g/mol. The van der Waals surface area contributed by atoms with Crippen LogP contribution >= 0.6 is 0 Å². The normalized spacial score (nSPS) is 14.0. The van der Waals surface area contributed by atoms with Gasteiger partial charge in [-0.1, -0.05) is 26.3 Å². The summed E-state index contributed by atoms with van der Waals surface area (Å²) in [7, 11) is 0. The van der Waals surface area contributed by atoms with Crippen LogP contribution < -0.4 is 5.32 Å². The lowest BCUT2D eigenvalue weighted by atomic mass is 9.99. The monoisotopic (exact) mass is 262 g/mol. The molecular formula is C14H18N2O3. The molecule has 1 aromatic heterocycles. The fourth-order valence-electron chi connectivity index (χ4n) is 1.53. The van der Waals surface area contributed by atoms with Crippen molar-refractivity contribution in [3.8, 4) is 0 Å². The number of nitrogens with one attached hydrogen (secondary N) is 1. The van der Waals surface area contributed by atoms with Crippen molar-refractivity contribution in [1.29, 1.82) is 0 Å². The van der Waals surface area contributed by atoms with E-state index in [2.05, 4.69) is 10.3 Å². The van der Waals surface area contributed by atoms with Crippen molar-refractivity contribution in [2.75, 3.05) is 0 Å². The Kier molecular flexibility index (Phi) is 5.73. The molecule has 0 aromatic carbocycles. The molecule has 1 amide bonds. The first-order chi connectivity index (χ1) is 9.04. The van der Waals surface area contributed by atoms with Crippen LogP contribution in [0.2, 0.25) is 0 Å². The molecule has 0 radical (unpaired) electrons. The zero-order valence-electron chi connectivity index (χ0n) is 11.0. The summed E-state index contributed by atoms with van der Waals surface area (Å²) in [6, 6.07) is 2.70. The first-order valence-electron chi connectivity index (χ1n) is 6.16. The summed E-state index contributed by atoms with van der Waals surface area (Å²) in [6.07, 6.45) is 6.85. The Morgan fingerprint density at radius 2 is 2.26 bits per heavy atom. The predicted octanol–water partition coefficient (Wildman–Crippen LogP) is 1.71. The number of nitrogens with zero attached hydrogens (tertiary/aromatic N) is 1. The van der Waals surface area contributed by atoms with Crippen LogP contribution in [0.4, 0.5) is 0 Å². The summed E-state index contributed by atoms with van der Waals surface area (Å²) in [5.41, 5.74) is 0.785. The van der Waals surface area contributed by atoms with Gasteiger partial charge in [-0.05, 0) is 23.6 Å². The summed E-state index contributed by atoms with van der Waals surface area (Å²) in [5.74, 6) is -1.55. The summed E-state index contributed by atoms with van der Waals surface area (Å²) in [5, 5.41) is 11.6. The fourth-order valence-corrected chi connectivity index (χ4v) is 1.53. The minimum Gasteiger partial charge on any atom is -0.480 e. The lowest BCUT2D eigenvalue weighted by molar-refractivity contribution is -0.142. The smallest absolute Gasteiger partial charge is 0.326 e. The Balaban J connectivity index is 2.63. The summed E-state index contributed by atoms with van der Waals surface area (Å²) in [4.78, 5) is 26.6. The Morgan fingerprint density at radius 3 is 2.79 bits per heavy atom. The SMILES string of the molecule is CCC(C)[C@H](NC(=O)/C=C/c1cccnc1)C(=O)O. The van der Waals surface area contributed by atoms with Crippen LogP contribution in [0, 0.1) is 5.92 Å². The minimum atomic E-state index is -1.02. The topological polar surface area (TPSA) is 79.3 Å². The molecule has 1 unspecified atom stereocenters. The number of pyridine rings is 1. The number of rotatable bonds is 6. The average Bonchev–Trinajstić information content (AvgIpc) is 2.42. The highest BCUT2D eigenvalue weighted by Gasteiger charge is 2.24. The van der Waals surface area contributed by atoms with Crippen molar-refractivity contribution in [3.05, 3.63) is 36.2 Å². The van der Waals surface area contributed by atoms with E-state index < -0.39 is 17.9 Å². The van der Waals surface area contributed by atoms with Gasteiger partial charge in [0.1, 0.15) is 6.04 Å². The van der Waals surface area contributed by atoms with Crippen LogP contribution in [0.1, 0.15) is 25.8 Å². The van der Waals surface area contributed by atoms with Crippen molar-refractivity contribution in [2.24, 2.45) is 5.92 Å². The lowest BCUT2D eigenvalue weighted by Crippen LogP contribution is -2.44. The summed E-state index contributed by atoms with van der Waals surface area (Å²) in [6.45, 7) is 3.68. The largest absolute Gasteiger partial charge is 0.480 e. The van der Waals surface area contributed by atoms with Gasteiger partial charge in [-0.3, -0.25) is 9.78 Å². The molecule has 102 valence electrons. The van der Waals surface area contributed by atoms with E-state index in [-0.39, 0.29) is 5.92 Å². The van der Waals surface area contributed by atoms with Gasteiger partial charge in [0.25, 0.3) is 0 Å². The van der Waals surface area contributed by atoms with E-state index in [0.29, 0.717) is 6.42 Å². The van der Waals surface area contributed by atoms with E-state index in [1.807, 2.05) is 6.92 Å². The van der Waals surface area contributed by atoms with Gasteiger partial charge in [-0.15, -0.1) is 0 Å². The van der Waals surface area contributed by atoms with E-state index in [9.17, 15) is 9.59 Å². The first-order valence-corrected chi connectivity index (χ1v) is 6.16. The molecule has 19 heavy (non-hydrogen) atoms. The van der Waals surface area contributed by atoms with Crippen LogP contribution in [0.5, 0.6) is 0 Å². The number of carboxylic acid groups (broad SMARTS) is 1. The number of aromatic nitrogens is 1. The molecule has 5 nitrogen and oxygen atoms in total. The van der Waals surface area contributed by atoms with Crippen molar-refractivity contribution < 1.29 is 14.7 Å². The molecule has 2 atom stereocenters. The second-order valence-electron chi connectivity index (χ2n) is 4.33. The number of carbonyl (C=O) groups excluding carboxylic acids is 1. The van der Waals surface area contributed by atoms with Crippen LogP contribution in [-0.2, 0) is 9.59 Å². The molecule has 5 heteroatoms. The second kappa shape index (κ2) is 7.31. The number of aliphatic carboxylic acids is 1. The zero-order valence-corrected chi connectivity index (χ0v) is 11.0. The van der Waals surface area contributed by atoms with Gasteiger partial charge in [0.2, 0.25) is 5.91 Å². The molecule has 1 heterocycles. The van der Waals surface area contributed by atoms with Gasteiger partial charge in [0.05, 0.1) is 0 Å². The third-order valence-corrected chi connectivity index (χ3v) is 2.89. The molecular weight excluding hydrogens is 244 g/mol. The molecule has 0 spiro atoms. The summed E-state index contributed by atoms with van der Waals surface area (Å²) < 4.78 is 0. The predicted molar refractivity (Wildman–Crippen MR) is 72.3 cm³/mol. The number of amides is 1. The molecule has 0 aliphatic heterocycles. The molecule has 2 N–H and O–H groups in total. The highest BCUT2D eigenvalue weighted by atomic mass is 16.4. The minimum absolute atomic E-state index is 0.117. The molecule has 0 aliphatic carbocycles. The van der Waals surface area contributed by atoms with Crippen molar-refractivity contribution in [1.82, 2.24) is 10.3 Å². The van der Waals surface area contributed by atoms with Crippen molar-refractivity contribution in [2.45, 2.75) is 26.3 Å². The van der Waals surface area contributed by atoms with Gasteiger partial charge in [-0.25, -0.2) is 4.79 Å². The van der Waals surface area contributed by atoms with Gasteiger partial charge >= 0.3 is 5.97 Å². The van der Waals surface area contributed by atoms with E-state index in [1.165, 1.54) is 6.08 Å². The Labute approximate surface area is 112 Å². The van der Waals surface area contributed by atoms with E-state index >= 15 is 0 Å². The van der Waals surface area contributed by atoms with Gasteiger partial charge in [-0.2, -0.15) is 0 Å². The molecule has 0 saturated carbocycles. The van der Waals surface area contributed by atoms with Crippen LogP contribution in [-0.4, -0.2) is 28.0 Å². The zero-order chi connectivity index (χ0) is 14.3. The third-order valence-electron chi connectivity index (χ3n) is 2.89. The molecule has 0 aliphatic rings. The van der Waals surface area contributed by atoms with Crippen molar-refractivity contribution >= 4 is 18.0 Å². The highest BCUT2D eigenvalue weighted by molar-refractivity contribution is 5.94. The quantitative estimate of drug-likeness (QED) is 0.765. The molecule has 0 saturated heterocycles. The number of hydrogen-bond donors (Lipinski definition) is 2. The van der Waals surface area contributed by atoms with Crippen molar-refractivity contribution in [3.63, 3.8) is 0 Å². The van der Waals surface area contributed by atoms with Gasteiger partial charge < -0.3 is 10.4 Å². The van der Waals surface area contributed by atoms with Crippen LogP contribution in [0.15, 0.2) is 30.6 Å². The maximum atomic E-state index is 11.7. The number of hydrogen-bond acceptors (Lipinski definition) is 3. The maximum Gasteiger partial charge on any atom is 0.326 e. The maximum absolute atomic E-state index is 11.7. The molecule has 1 rings (SSSR count). The van der Waals surface area contributed by atoms with E-state index in [0.717, 1.165) is 5.56 Å². The third kappa shape index (κ3) is 4.91. The summed E-state index contributed by atoms with van der Waals surface area (Å²) >= 11 is 0. The molecule has 1 aromatic rings. The fraction of sp³-hybridized carbons (Fsp3) is 0.357. The second-order valence-corrected chi connectivity index (χ2v) is 4.33. The standard InChI is InChI=1S/C14H18N2O3/c1-3-10(2)13(14(18)19)16-12(17)7-6-11-5-4-8-15-9-11/h4-10,13H,3H2,1-2H3,(H,16,17)(H,18,19)/b7-6+/t10?,13-/m0/s1. The van der Waals surface area contributed by atoms with E-state index in [4.69, 9.17) is 5.11 Å². The van der Waals surface area contributed by atoms with Crippen LogP contribution in [0.25, 0.3) is 6.08 Å². The molecule has 0 fully saturated rings. The molecule has 0 bridgehead atoms. The van der Waals surface area contributed by atoms with Crippen LogP contribution in [0.3, 0.4) is 0 Å². The number of carboxylic acids is 1. The van der Waals surface area contributed by atoms with E-state index in [1.54, 1.807) is 37.5 Å². The highest BCUT2D eigenvalue weighted by Crippen LogP contribution is 2.08. The van der Waals surface area contributed by atoms with Gasteiger partial charge in [0, 0.05) is 18.5 Å². The lowest BCUT2D eigenvalue weighted by Gasteiger charge is -2.19. The number of carbonyl (C=O) groups is 2. The first kappa shape index (κ1) is 14.9. The Morgan fingerprint density at radius 1 is 1.53 bits per heavy atom.